The van der Waals surface area contributed by atoms with Crippen LogP contribution < -0.4 is 0 Å². The summed E-state index contributed by atoms with van der Waals surface area (Å²) in [5.41, 5.74) is -1.89. The maximum absolute atomic E-state index is 12.7. The molecule has 1 N–H and O–H groups in total. The molecule has 2 aromatic rings. The van der Waals surface area contributed by atoms with E-state index in [4.69, 9.17) is 5.11 Å². The van der Waals surface area contributed by atoms with Crippen LogP contribution in [-0.2, 0) is 6.18 Å². The van der Waals surface area contributed by atoms with Gasteiger partial charge in [-0.05, 0) is 42.5 Å². The number of aromatic carboxylic acids is 1. The van der Waals surface area contributed by atoms with E-state index in [-0.39, 0.29) is 0 Å². The Morgan fingerprint density at radius 1 is 1.05 bits per heavy atom. The fraction of sp³-hybridized carbons (Fsp3) is 0.0714. The average Bonchev–Trinajstić information content (AvgIpc) is 2.40. The molecule has 0 fully saturated rings. The van der Waals surface area contributed by atoms with Crippen molar-refractivity contribution in [1.82, 2.24) is 0 Å². The van der Waals surface area contributed by atoms with Crippen LogP contribution in [0, 0.1) is 0 Å². The van der Waals surface area contributed by atoms with Gasteiger partial charge in [-0.25, -0.2) is 4.79 Å². The number of rotatable bonds is 3. The van der Waals surface area contributed by atoms with Crippen molar-refractivity contribution in [2.24, 2.45) is 0 Å². The summed E-state index contributed by atoms with van der Waals surface area (Å²) in [7, 11) is 0. The van der Waals surface area contributed by atoms with Crippen LogP contribution in [0.25, 0.3) is 0 Å². The van der Waals surface area contributed by atoms with Gasteiger partial charge in [0.2, 0.25) is 0 Å². The van der Waals surface area contributed by atoms with Gasteiger partial charge in [-0.1, -0.05) is 27.7 Å². The standard InChI is InChI=1S/C14H8BrF3O2S/c15-8-1-3-9(4-2-8)21-10-5-6-12(14(16,17)18)11(7-10)13(19)20/h1-7H,(H,19,20). The minimum absolute atomic E-state index is 0.433. The molecule has 0 unspecified atom stereocenters. The van der Waals surface area contributed by atoms with Crippen LogP contribution >= 0.6 is 27.7 Å². The van der Waals surface area contributed by atoms with Crippen LogP contribution in [0.4, 0.5) is 13.2 Å². The topological polar surface area (TPSA) is 37.3 Å². The van der Waals surface area contributed by atoms with Crippen molar-refractivity contribution in [2.45, 2.75) is 16.0 Å². The second-order valence-electron chi connectivity index (χ2n) is 4.07. The Balaban J connectivity index is 2.36. The van der Waals surface area contributed by atoms with E-state index in [1.165, 1.54) is 17.8 Å². The smallest absolute Gasteiger partial charge is 0.417 e. The van der Waals surface area contributed by atoms with Crippen molar-refractivity contribution >= 4 is 33.7 Å². The molecule has 0 atom stereocenters. The van der Waals surface area contributed by atoms with Gasteiger partial charge < -0.3 is 5.11 Å². The normalized spacial score (nSPS) is 11.4. The number of alkyl halides is 3. The summed E-state index contributed by atoms with van der Waals surface area (Å²) < 4.78 is 39.1. The highest BCUT2D eigenvalue weighted by Gasteiger charge is 2.35. The predicted octanol–water partition coefficient (Wildman–Crippen LogP) is 5.32. The summed E-state index contributed by atoms with van der Waals surface area (Å²) in [5.74, 6) is -1.60. The summed E-state index contributed by atoms with van der Waals surface area (Å²) in [5, 5.41) is 8.94. The molecule has 110 valence electrons. The first-order valence-corrected chi connectivity index (χ1v) is 7.26. The van der Waals surface area contributed by atoms with Gasteiger partial charge in [0.15, 0.2) is 0 Å². The fourth-order valence-electron chi connectivity index (χ4n) is 1.65. The number of carboxylic acid groups (broad SMARTS) is 1. The number of carboxylic acids is 1. The Bertz CT molecular complexity index is 669. The second-order valence-corrected chi connectivity index (χ2v) is 6.13. The van der Waals surface area contributed by atoms with Crippen molar-refractivity contribution in [1.29, 1.82) is 0 Å². The van der Waals surface area contributed by atoms with E-state index in [0.717, 1.165) is 21.5 Å². The molecular formula is C14H8BrF3O2S. The van der Waals surface area contributed by atoms with Gasteiger partial charge in [0.05, 0.1) is 11.1 Å². The first kappa shape index (κ1) is 15.9. The van der Waals surface area contributed by atoms with Crippen molar-refractivity contribution in [3.05, 3.63) is 58.1 Å². The third kappa shape index (κ3) is 4.01. The summed E-state index contributed by atoms with van der Waals surface area (Å²) >= 11 is 4.48. The van der Waals surface area contributed by atoms with Gasteiger partial charge in [0.25, 0.3) is 0 Å². The molecule has 0 amide bonds. The van der Waals surface area contributed by atoms with Crippen molar-refractivity contribution < 1.29 is 23.1 Å². The van der Waals surface area contributed by atoms with Gasteiger partial charge >= 0.3 is 12.1 Å². The first-order valence-electron chi connectivity index (χ1n) is 5.65. The van der Waals surface area contributed by atoms with Crippen LogP contribution in [0.2, 0.25) is 0 Å². The van der Waals surface area contributed by atoms with E-state index in [0.29, 0.717) is 4.90 Å². The monoisotopic (exact) mass is 376 g/mol. The lowest BCUT2D eigenvalue weighted by atomic mass is 10.1. The van der Waals surface area contributed by atoms with E-state index in [1.54, 1.807) is 24.3 Å². The van der Waals surface area contributed by atoms with E-state index in [1.807, 2.05) is 0 Å². The minimum Gasteiger partial charge on any atom is -0.478 e. The largest absolute Gasteiger partial charge is 0.478 e. The van der Waals surface area contributed by atoms with Gasteiger partial charge in [-0.3, -0.25) is 0 Å². The highest BCUT2D eigenvalue weighted by molar-refractivity contribution is 9.10. The Hall–Kier alpha value is -1.47. The van der Waals surface area contributed by atoms with Gasteiger partial charge in [0.1, 0.15) is 0 Å². The quantitative estimate of drug-likeness (QED) is 0.787. The summed E-state index contributed by atoms with van der Waals surface area (Å²) in [6.07, 6.45) is -4.69. The highest BCUT2D eigenvalue weighted by Crippen LogP contribution is 2.36. The lowest BCUT2D eigenvalue weighted by Gasteiger charge is -2.11. The zero-order valence-corrected chi connectivity index (χ0v) is 12.7. The Morgan fingerprint density at radius 2 is 1.62 bits per heavy atom. The molecule has 2 aromatic carbocycles. The molecule has 2 rings (SSSR count). The van der Waals surface area contributed by atoms with Gasteiger partial charge in [-0.2, -0.15) is 13.2 Å². The third-order valence-electron chi connectivity index (χ3n) is 2.58. The third-order valence-corrected chi connectivity index (χ3v) is 4.10. The minimum atomic E-state index is -4.69. The molecule has 0 spiro atoms. The molecular weight excluding hydrogens is 369 g/mol. The molecule has 0 aliphatic carbocycles. The van der Waals surface area contributed by atoms with Crippen molar-refractivity contribution in [3.8, 4) is 0 Å². The van der Waals surface area contributed by atoms with E-state index in [2.05, 4.69) is 15.9 Å². The van der Waals surface area contributed by atoms with Crippen LogP contribution in [0.1, 0.15) is 15.9 Å². The molecule has 0 bridgehead atoms. The molecule has 21 heavy (non-hydrogen) atoms. The molecule has 0 aromatic heterocycles. The molecule has 0 radical (unpaired) electrons. The fourth-order valence-corrected chi connectivity index (χ4v) is 2.77. The number of benzene rings is 2. The maximum Gasteiger partial charge on any atom is 0.417 e. The molecule has 0 aliphatic rings. The number of halogens is 4. The lowest BCUT2D eigenvalue weighted by Crippen LogP contribution is -2.12. The van der Waals surface area contributed by atoms with Crippen LogP contribution in [0.15, 0.2) is 56.7 Å². The summed E-state index contributed by atoms with van der Waals surface area (Å²) in [6.45, 7) is 0. The Labute approximate surface area is 131 Å². The van der Waals surface area contributed by atoms with E-state index in [9.17, 15) is 18.0 Å². The summed E-state index contributed by atoms with van der Waals surface area (Å²) in [4.78, 5) is 12.2. The average molecular weight is 377 g/mol. The predicted molar refractivity (Wildman–Crippen MR) is 76.7 cm³/mol. The zero-order chi connectivity index (χ0) is 15.6. The first-order chi connectivity index (χ1) is 9.77. The number of hydrogen-bond acceptors (Lipinski definition) is 2. The van der Waals surface area contributed by atoms with Gasteiger partial charge in [0, 0.05) is 14.3 Å². The second kappa shape index (κ2) is 6.11. The molecule has 0 saturated heterocycles. The van der Waals surface area contributed by atoms with Crippen LogP contribution in [0.3, 0.4) is 0 Å². The van der Waals surface area contributed by atoms with Gasteiger partial charge in [-0.15, -0.1) is 0 Å². The molecule has 7 heteroatoms. The molecule has 0 saturated carbocycles. The number of carbonyl (C=O) groups is 1. The Kier molecular flexibility index (Phi) is 4.63. The molecule has 0 heterocycles. The van der Waals surface area contributed by atoms with Crippen molar-refractivity contribution in [3.63, 3.8) is 0 Å². The van der Waals surface area contributed by atoms with Crippen LogP contribution in [0.5, 0.6) is 0 Å². The van der Waals surface area contributed by atoms with Crippen molar-refractivity contribution in [2.75, 3.05) is 0 Å². The maximum atomic E-state index is 12.7. The molecule has 0 aliphatic heterocycles. The van der Waals surface area contributed by atoms with E-state index < -0.39 is 23.3 Å². The Morgan fingerprint density at radius 3 is 2.14 bits per heavy atom. The van der Waals surface area contributed by atoms with E-state index >= 15 is 0 Å². The number of hydrogen-bond donors (Lipinski definition) is 1. The summed E-state index contributed by atoms with van der Waals surface area (Å²) in [6, 6.07) is 10.3. The SMILES string of the molecule is O=C(O)c1cc(Sc2ccc(Br)cc2)ccc1C(F)(F)F. The zero-order valence-electron chi connectivity index (χ0n) is 10.3. The van der Waals surface area contributed by atoms with Crippen LogP contribution in [-0.4, -0.2) is 11.1 Å². The lowest BCUT2D eigenvalue weighted by molar-refractivity contribution is -0.138. The highest BCUT2D eigenvalue weighted by atomic mass is 79.9. The molecule has 2 nitrogen and oxygen atoms in total.